The van der Waals surface area contributed by atoms with Crippen molar-refractivity contribution in [3.8, 4) is 5.75 Å². The minimum Gasteiger partial charge on any atom is -0.508 e. The molecule has 1 aliphatic heterocycles. The minimum atomic E-state index is -3.61. The lowest BCUT2D eigenvalue weighted by Gasteiger charge is -2.16. The molecular formula is C11H14N2O4S. The molecule has 1 unspecified atom stereocenters. The first-order chi connectivity index (χ1) is 8.41. The normalized spacial score (nSPS) is 21.0. The molecule has 18 heavy (non-hydrogen) atoms. The van der Waals surface area contributed by atoms with E-state index in [1.165, 1.54) is 28.6 Å². The van der Waals surface area contributed by atoms with Crippen molar-refractivity contribution in [2.45, 2.75) is 11.3 Å². The monoisotopic (exact) mass is 270 g/mol. The molecule has 1 fully saturated rings. The van der Waals surface area contributed by atoms with E-state index in [1.54, 1.807) is 0 Å². The number of nitrogens with zero attached hydrogens (tertiary/aromatic N) is 1. The first kappa shape index (κ1) is 12.8. The summed E-state index contributed by atoms with van der Waals surface area (Å²) in [5, 5.41) is 9.13. The van der Waals surface area contributed by atoms with E-state index in [9.17, 15) is 13.2 Å². The Morgan fingerprint density at radius 3 is 2.44 bits per heavy atom. The Morgan fingerprint density at radius 1 is 1.33 bits per heavy atom. The maximum atomic E-state index is 12.2. The van der Waals surface area contributed by atoms with Gasteiger partial charge >= 0.3 is 0 Å². The maximum absolute atomic E-state index is 12.2. The number of aromatic hydroxyl groups is 1. The Bertz CT molecular complexity index is 553. The summed E-state index contributed by atoms with van der Waals surface area (Å²) in [5.41, 5.74) is 5.17. The quantitative estimate of drug-likeness (QED) is 0.800. The van der Waals surface area contributed by atoms with Crippen LogP contribution in [0.1, 0.15) is 6.42 Å². The van der Waals surface area contributed by atoms with Crippen LogP contribution in [0.2, 0.25) is 0 Å². The molecule has 0 aliphatic carbocycles. The number of carbonyl (C=O) groups excluding carboxylic acids is 1. The molecule has 6 nitrogen and oxygen atoms in total. The predicted octanol–water partition coefficient (Wildman–Crippen LogP) is -0.112. The smallest absolute Gasteiger partial charge is 0.243 e. The van der Waals surface area contributed by atoms with Gasteiger partial charge < -0.3 is 10.8 Å². The number of phenols is 1. The molecule has 1 aliphatic rings. The van der Waals surface area contributed by atoms with Crippen molar-refractivity contribution in [3.63, 3.8) is 0 Å². The average Bonchev–Trinajstić information content (AvgIpc) is 2.79. The van der Waals surface area contributed by atoms with Crippen molar-refractivity contribution in [3.05, 3.63) is 24.3 Å². The lowest BCUT2D eigenvalue weighted by molar-refractivity contribution is -0.121. The van der Waals surface area contributed by atoms with Crippen LogP contribution >= 0.6 is 0 Å². The lowest BCUT2D eigenvalue weighted by Crippen LogP contribution is -2.31. The number of phenolic OH excluding ortho intramolecular Hbond substituents is 1. The Labute approximate surface area is 105 Å². The van der Waals surface area contributed by atoms with Crippen LogP contribution in [0, 0.1) is 5.92 Å². The summed E-state index contributed by atoms with van der Waals surface area (Å²) < 4.78 is 25.7. The number of primary amides is 1. The van der Waals surface area contributed by atoms with Gasteiger partial charge in [0.1, 0.15) is 5.75 Å². The van der Waals surface area contributed by atoms with Crippen LogP contribution in [0.5, 0.6) is 5.75 Å². The molecule has 1 amide bonds. The van der Waals surface area contributed by atoms with Crippen LogP contribution in [0.15, 0.2) is 29.2 Å². The molecule has 0 saturated carbocycles. The minimum absolute atomic E-state index is 0.00499. The average molecular weight is 270 g/mol. The summed E-state index contributed by atoms with van der Waals surface area (Å²) >= 11 is 0. The molecule has 1 atom stereocenters. The van der Waals surface area contributed by atoms with Crippen LogP contribution in [0.25, 0.3) is 0 Å². The SMILES string of the molecule is NC(=O)C1CCN(S(=O)(=O)c2ccc(O)cc2)C1. The molecule has 2 rings (SSSR count). The second-order valence-corrected chi connectivity index (χ2v) is 6.18. The highest BCUT2D eigenvalue weighted by Gasteiger charge is 2.34. The van der Waals surface area contributed by atoms with Gasteiger partial charge in [0.15, 0.2) is 0 Å². The fourth-order valence-electron chi connectivity index (χ4n) is 1.95. The van der Waals surface area contributed by atoms with Gasteiger partial charge in [-0.2, -0.15) is 4.31 Å². The van der Waals surface area contributed by atoms with Crippen molar-refractivity contribution in [1.29, 1.82) is 0 Å². The molecule has 0 radical (unpaired) electrons. The van der Waals surface area contributed by atoms with Crippen LogP contribution < -0.4 is 5.73 Å². The van der Waals surface area contributed by atoms with E-state index in [0.29, 0.717) is 6.42 Å². The Hall–Kier alpha value is -1.60. The highest BCUT2D eigenvalue weighted by molar-refractivity contribution is 7.89. The first-order valence-corrected chi connectivity index (χ1v) is 6.94. The number of benzene rings is 1. The second kappa shape index (κ2) is 4.58. The van der Waals surface area contributed by atoms with Crippen molar-refractivity contribution < 1.29 is 18.3 Å². The summed E-state index contributed by atoms with van der Waals surface area (Å²) in [6.07, 6.45) is 0.451. The number of rotatable bonds is 3. The van der Waals surface area contributed by atoms with Crippen LogP contribution in [-0.4, -0.2) is 36.8 Å². The molecule has 1 heterocycles. The van der Waals surface area contributed by atoms with Gasteiger partial charge in [0, 0.05) is 13.1 Å². The zero-order valence-electron chi connectivity index (χ0n) is 9.61. The third-order valence-electron chi connectivity index (χ3n) is 3.03. The molecule has 1 aromatic carbocycles. The number of hydrogen-bond donors (Lipinski definition) is 2. The van der Waals surface area contributed by atoms with Gasteiger partial charge in [0.2, 0.25) is 15.9 Å². The summed E-state index contributed by atoms with van der Waals surface area (Å²) in [5.74, 6) is -0.888. The maximum Gasteiger partial charge on any atom is 0.243 e. The largest absolute Gasteiger partial charge is 0.508 e. The molecule has 7 heteroatoms. The van der Waals surface area contributed by atoms with E-state index in [1.807, 2.05) is 0 Å². The lowest BCUT2D eigenvalue weighted by atomic mass is 10.1. The van der Waals surface area contributed by atoms with Crippen LogP contribution in [0.4, 0.5) is 0 Å². The Morgan fingerprint density at radius 2 is 1.94 bits per heavy atom. The molecule has 0 spiro atoms. The van der Waals surface area contributed by atoms with E-state index in [4.69, 9.17) is 10.8 Å². The molecule has 0 aromatic heterocycles. The Balaban J connectivity index is 2.22. The predicted molar refractivity (Wildman–Crippen MR) is 64.2 cm³/mol. The molecule has 1 saturated heterocycles. The topological polar surface area (TPSA) is 101 Å². The molecule has 1 aromatic rings. The van der Waals surface area contributed by atoms with Crippen molar-refractivity contribution >= 4 is 15.9 Å². The number of nitrogens with two attached hydrogens (primary N) is 1. The fraction of sp³-hybridized carbons (Fsp3) is 0.364. The summed E-state index contributed by atoms with van der Waals surface area (Å²) in [6.45, 7) is 0.412. The zero-order valence-corrected chi connectivity index (χ0v) is 10.4. The van der Waals surface area contributed by atoms with Gasteiger partial charge in [0.05, 0.1) is 10.8 Å². The molecule has 98 valence electrons. The third kappa shape index (κ3) is 2.32. The van der Waals surface area contributed by atoms with Gasteiger partial charge in [-0.25, -0.2) is 8.42 Å². The highest BCUT2D eigenvalue weighted by atomic mass is 32.2. The van der Waals surface area contributed by atoms with Gasteiger partial charge in [-0.05, 0) is 30.7 Å². The van der Waals surface area contributed by atoms with Crippen molar-refractivity contribution in [2.75, 3.05) is 13.1 Å². The molecule has 0 bridgehead atoms. The first-order valence-electron chi connectivity index (χ1n) is 5.50. The summed E-state index contributed by atoms with van der Waals surface area (Å²) in [4.78, 5) is 11.1. The van der Waals surface area contributed by atoms with Crippen LogP contribution in [-0.2, 0) is 14.8 Å². The zero-order chi connectivity index (χ0) is 13.3. The van der Waals surface area contributed by atoms with Crippen molar-refractivity contribution in [1.82, 2.24) is 4.31 Å². The third-order valence-corrected chi connectivity index (χ3v) is 4.91. The van der Waals surface area contributed by atoms with E-state index < -0.39 is 21.8 Å². The van der Waals surface area contributed by atoms with E-state index in [-0.39, 0.29) is 23.7 Å². The van der Waals surface area contributed by atoms with Crippen molar-refractivity contribution in [2.24, 2.45) is 11.7 Å². The van der Waals surface area contributed by atoms with E-state index >= 15 is 0 Å². The summed E-state index contributed by atoms with van der Waals surface area (Å²) in [7, 11) is -3.61. The number of amides is 1. The van der Waals surface area contributed by atoms with Crippen LogP contribution in [0.3, 0.4) is 0 Å². The molecule has 3 N–H and O–H groups in total. The summed E-state index contributed by atoms with van der Waals surface area (Å²) in [6, 6.07) is 5.30. The second-order valence-electron chi connectivity index (χ2n) is 4.24. The highest BCUT2D eigenvalue weighted by Crippen LogP contribution is 2.25. The fourth-order valence-corrected chi connectivity index (χ4v) is 3.45. The van der Waals surface area contributed by atoms with E-state index in [0.717, 1.165) is 0 Å². The number of sulfonamides is 1. The number of hydrogen-bond acceptors (Lipinski definition) is 4. The van der Waals surface area contributed by atoms with Gasteiger partial charge in [-0.1, -0.05) is 0 Å². The molecular weight excluding hydrogens is 256 g/mol. The number of carbonyl (C=O) groups is 1. The van der Waals surface area contributed by atoms with E-state index in [2.05, 4.69) is 0 Å². The van der Waals surface area contributed by atoms with Gasteiger partial charge in [-0.15, -0.1) is 0 Å². The Kier molecular flexibility index (Phi) is 3.27. The van der Waals surface area contributed by atoms with Gasteiger partial charge in [-0.3, -0.25) is 4.79 Å². The van der Waals surface area contributed by atoms with Gasteiger partial charge in [0.25, 0.3) is 0 Å². The standard InChI is InChI=1S/C11H14N2O4S/c12-11(15)8-5-6-13(7-8)18(16,17)10-3-1-9(14)2-4-10/h1-4,8,14H,5-7H2,(H2,12,15).